The Kier molecular flexibility index (Phi) is 5.10. The molecule has 2 aromatic carbocycles. The Bertz CT molecular complexity index is 985. The minimum atomic E-state index is -0.537. The van der Waals surface area contributed by atoms with Crippen LogP contribution in [0.2, 0.25) is 0 Å². The number of hydrogen-bond acceptors (Lipinski definition) is 4. The van der Waals surface area contributed by atoms with Crippen LogP contribution >= 0.6 is 34.8 Å². The topological polar surface area (TPSA) is 69.6 Å². The van der Waals surface area contributed by atoms with E-state index in [1.807, 2.05) is 48.6 Å². The Morgan fingerprint density at radius 1 is 1.19 bits per heavy atom. The van der Waals surface area contributed by atoms with Crippen molar-refractivity contribution in [2.45, 2.75) is 13.8 Å². The monoisotopic (exact) mass is 478 g/mol. The molecule has 7 heteroatoms. The molecule has 0 spiro atoms. The molecule has 0 unspecified atom stereocenters. The summed E-state index contributed by atoms with van der Waals surface area (Å²) in [6.45, 7) is 3.85. The van der Waals surface area contributed by atoms with Crippen molar-refractivity contribution in [1.82, 2.24) is 5.32 Å². The van der Waals surface area contributed by atoms with Gasteiger partial charge in [0, 0.05) is 0 Å². The highest BCUT2D eigenvalue weighted by Gasteiger charge is 2.35. The van der Waals surface area contributed by atoms with E-state index >= 15 is 0 Å². The van der Waals surface area contributed by atoms with Crippen LogP contribution in [0.3, 0.4) is 0 Å². The van der Waals surface area contributed by atoms with E-state index in [1.54, 1.807) is 18.2 Å². The molecule has 3 rings (SSSR count). The zero-order chi connectivity index (χ0) is 19.0. The van der Waals surface area contributed by atoms with Gasteiger partial charge in [-0.3, -0.25) is 19.8 Å². The fraction of sp³-hybridized carbons (Fsp3) is 0.105. The number of phenols is 1. The normalized spacial score (nSPS) is 16.2. The number of carbonyl (C=O) groups excluding carboxylic acids is 2. The number of aromatic hydroxyl groups is 1. The number of nitrogens with zero attached hydrogens (tertiary/aromatic N) is 1. The highest BCUT2D eigenvalue weighted by atomic mass is 127. The van der Waals surface area contributed by atoms with Crippen LogP contribution in [-0.4, -0.2) is 22.0 Å². The molecule has 5 nitrogen and oxygen atoms in total. The van der Waals surface area contributed by atoms with Crippen molar-refractivity contribution < 1.29 is 14.7 Å². The summed E-state index contributed by atoms with van der Waals surface area (Å²) in [7, 11) is 0. The summed E-state index contributed by atoms with van der Waals surface area (Å²) >= 11 is 7.22. The van der Waals surface area contributed by atoms with Crippen LogP contribution < -0.4 is 10.2 Å². The minimum absolute atomic E-state index is 0.0130. The van der Waals surface area contributed by atoms with Crippen LogP contribution in [0.5, 0.6) is 5.75 Å². The van der Waals surface area contributed by atoms with Crippen molar-refractivity contribution >= 4 is 63.5 Å². The van der Waals surface area contributed by atoms with Gasteiger partial charge in [0.15, 0.2) is 5.11 Å². The first-order valence-corrected chi connectivity index (χ1v) is 9.24. The number of carbonyl (C=O) groups is 2. The summed E-state index contributed by atoms with van der Waals surface area (Å²) < 4.78 is 0.627. The maximum Gasteiger partial charge on any atom is 0.270 e. The van der Waals surface area contributed by atoms with E-state index in [9.17, 15) is 14.7 Å². The molecule has 0 aliphatic carbocycles. The Hall–Kier alpha value is -2.26. The molecule has 0 atom stereocenters. The predicted octanol–water partition coefficient (Wildman–Crippen LogP) is 3.44. The van der Waals surface area contributed by atoms with Crippen LogP contribution in [0.1, 0.15) is 16.7 Å². The Morgan fingerprint density at radius 2 is 1.92 bits per heavy atom. The van der Waals surface area contributed by atoms with E-state index in [0.717, 1.165) is 11.1 Å². The first-order chi connectivity index (χ1) is 12.3. The van der Waals surface area contributed by atoms with Gasteiger partial charge in [-0.25, -0.2) is 0 Å². The Labute approximate surface area is 169 Å². The van der Waals surface area contributed by atoms with Crippen molar-refractivity contribution in [3.63, 3.8) is 0 Å². The summed E-state index contributed by atoms with van der Waals surface area (Å²) in [6, 6.07) is 10.4. The molecular formula is C19H15IN2O3S. The van der Waals surface area contributed by atoms with Gasteiger partial charge in [0.2, 0.25) is 0 Å². The van der Waals surface area contributed by atoms with Gasteiger partial charge < -0.3 is 5.11 Å². The number of amides is 2. The van der Waals surface area contributed by atoms with E-state index in [2.05, 4.69) is 5.32 Å². The summed E-state index contributed by atoms with van der Waals surface area (Å²) in [5.41, 5.74) is 3.21. The molecule has 2 amide bonds. The van der Waals surface area contributed by atoms with Gasteiger partial charge in [-0.05, 0) is 89.6 Å². The lowest BCUT2D eigenvalue weighted by atomic mass is 10.0. The number of anilines is 1. The third-order valence-electron chi connectivity index (χ3n) is 4.20. The fourth-order valence-corrected chi connectivity index (χ4v) is 3.45. The average molecular weight is 478 g/mol. The largest absolute Gasteiger partial charge is 0.507 e. The van der Waals surface area contributed by atoms with E-state index in [1.165, 1.54) is 17.0 Å². The van der Waals surface area contributed by atoms with Gasteiger partial charge in [-0.15, -0.1) is 0 Å². The zero-order valence-electron chi connectivity index (χ0n) is 14.0. The van der Waals surface area contributed by atoms with Crippen molar-refractivity contribution in [2.24, 2.45) is 0 Å². The molecule has 1 saturated heterocycles. The quantitative estimate of drug-likeness (QED) is 0.301. The van der Waals surface area contributed by atoms with Crippen LogP contribution in [0.4, 0.5) is 5.69 Å². The third-order valence-corrected chi connectivity index (χ3v) is 5.35. The molecule has 26 heavy (non-hydrogen) atoms. The maximum absolute atomic E-state index is 13.0. The van der Waals surface area contributed by atoms with Crippen molar-refractivity contribution in [3.8, 4) is 5.75 Å². The van der Waals surface area contributed by atoms with Crippen molar-refractivity contribution in [1.29, 1.82) is 0 Å². The van der Waals surface area contributed by atoms with E-state index in [4.69, 9.17) is 12.2 Å². The number of thiocarbonyl (C=S) groups is 1. The van der Waals surface area contributed by atoms with E-state index in [0.29, 0.717) is 14.8 Å². The molecule has 1 heterocycles. The Balaban J connectivity index is 2.07. The standard InChI is InChI=1S/C19H15IN2O3S/c1-10-4-3-5-15(11(10)2)22-18(25)13(17(24)21-19(22)26)8-12-6-7-16(23)14(20)9-12/h3-9,23H,1-2H3,(H,21,24,26)/b13-8+. The first-order valence-electron chi connectivity index (χ1n) is 7.76. The predicted molar refractivity (Wildman–Crippen MR) is 113 cm³/mol. The third kappa shape index (κ3) is 3.36. The van der Waals surface area contributed by atoms with Gasteiger partial charge in [-0.1, -0.05) is 18.2 Å². The molecule has 1 fully saturated rings. The number of phenolic OH excluding ortho intramolecular Hbond substituents is 1. The SMILES string of the molecule is Cc1cccc(N2C(=O)/C(=C/c3ccc(O)c(I)c3)C(=O)NC2=S)c1C. The second-order valence-electron chi connectivity index (χ2n) is 5.89. The highest BCUT2D eigenvalue weighted by molar-refractivity contribution is 14.1. The first kappa shape index (κ1) is 18.5. The molecule has 0 saturated carbocycles. The highest BCUT2D eigenvalue weighted by Crippen LogP contribution is 2.28. The van der Waals surface area contributed by atoms with Crippen LogP contribution in [-0.2, 0) is 9.59 Å². The van der Waals surface area contributed by atoms with E-state index in [-0.39, 0.29) is 16.4 Å². The summed E-state index contributed by atoms with van der Waals surface area (Å²) in [6.07, 6.45) is 1.50. The number of benzene rings is 2. The smallest absolute Gasteiger partial charge is 0.270 e. The van der Waals surface area contributed by atoms with Crippen molar-refractivity contribution in [2.75, 3.05) is 4.90 Å². The maximum atomic E-state index is 13.0. The molecule has 1 aliphatic rings. The Morgan fingerprint density at radius 3 is 2.62 bits per heavy atom. The molecule has 0 radical (unpaired) electrons. The molecule has 0 bridgehead atoms. The number of nitrogens with one attached hydrogen (secondary N) is 1. The zero-order valence-corrected chi connectivity index (χ0v) is 17.0. The van der Waals surface area contributed by atoms with Crippen LogP contribution in [0.25, 0.3) is 6.08 Å². The molecule has 2 aromatic rings. The molecule has 2 N–H and O–H groups in total. The van der Waals surface area contributed by atoms with Gasteiger partial charge in [0.1, 0.15) is 11.3 Å². The van der Waals surface area contributed by atoms with Gasteiger partial charge in [0.25, 0.3) is 11.8 Å². The van der Waals surface area contributed by atoms with Crippen LogP contribution in [0, 0.1) is 17.4 Å². The van der Waals surface area contributed by atoms with Gasteiger partial charge in [0.05, 0.1) is 9.26 Å². The minimum Gasteiger partial charge on any atom is -0.507 e. The average Bonchev–Trinajstić information content (AvgIpc) is 2.58. The summed E-state index contributed by atoms with van der Waals surface area (Å²) in [5, 5.41) is 12.3. The van der Waals surface area contributed by atoms with Gasteiger partial charge in [-0.2, -0.15) is 0 Å². The lowest BCUT2D eigenvalue weighted by Gasteiger charge is -2.30. The van der Waals surface area contributed by atoms with E-state index < -0.39 is 11.8 Å². The number of rotatable bonds is 2. The summed E-state index contributed by atoms with van der Waals surface area (Å²) in [4.78, 5) is 26.7. The van der Waals surface area contributed by atoms with Crippen molar-refractivity contribution in [3.05, 3.63) is 62.2 Å². The number of halogens is 1. The molecule has 0 aromatic heterocycles. The second kappa shape index (κ2) is 7.16. The number of aryl methyl sites for hydroxylation is 1. The number of hydrogen-bond donors (Lipinski definition) is 2. The molecular weight excluding hydrogens is 463 g/mol. The summed E-state index contributed by atoms with van der Waals surface area (Å²) in [5.74, 6) is -0.870. The molecule has 1 aliphatic heterocycles. The lowest BCUT2D eigenvalue weighted by molar-refractivity contribution is -0.122. The molecule has 132 valence electrons. The fourth-order valence-electron chi connectivity index (χ4n) is 2.63. The van der Waals surface area contributed by atoms with Gasteiger partial charge >= 0.3 is 0 Å². The lowest BCUT2D eigenvalue weighted by Crippen LogP contribution is -2.54. The van der Waals surface area contributed by atoms with Crippen LogP contribution in [0.15, 0.2) is 42.0 Å². The second-order valence-corrected chi connectivity index (χ2v) is 7.44.